The molecule has 0 aromatic rings. The van der Waals surface area contributed by atoms with E-state index in [-0.39, 0.29) is 0 Å². The highest BCUT2D eigenvalue weighted by Gasteiger charge is 2.42. The summed E-state index contributed by atoms with van der Waals surface area (Å²) in [4.78, 5) is 0. The van der Waals surface area contributed by atoms with Crippen molar-refractivity contribution in [2.45, 2.75) is 77.7 Å². The van der Waals surface area contributed by atoms with Crippen molar-refractivity contribution in [1.82, 2.24) is 5.32 Å². The molecule has 17 heavy (non-hydrogen) atoms. The van der Waals surface area contributed by atoms with Crippen LogP contribution in [0.15, 0.2) is 0 Å². The molecular formula is C16H31N. The highest BCUT2D eigenvalue weighted by molar-refractivity contribution is 4.95. The molecule has 1 N–H and O–H groups in total. The molecule has 1 heteroatoms. The minimum absolute atomic E-state index is 0.844. The largest absolute Gasteiger partial charge is 0.314 e. The van der Waals surface area contributed by atoms with E-state index in [1.807, 2.05) is 0 Å². The predicted molar refractivity (Wildman–Crippen MR) is 75.2 cm³/mol. The number of unbranched alkanes of at least 4 members (excludes halogenated alkanes) is 2. The van der Waals surface area contributed by atoms with Crippen LogP contribution in [0.25, 0.3) is 0 Å². The second kappa shape index (κ2) is 6.78. The third-order valence-corrected chi connectivity index (χ3v) is 5.08. The highest BCUT2D eigenvalue weighted by atomic mass is 14.9. The highest BCUT2D eigenvalue weighted by Crippen LogP contribution is 2.50. The molecule has 2 bridgehead atoms. The molecule has 4 unspecified atom stereocenters. The quantitative estimate of drug-likeness (QED) is 0.618. The van der Waals surface area contributed by atoms with E-state index in [9.17, 15) is 0 Å². The number of nitrogens with one attached hydrogen (secondary N) is 1. The zero-order valence-electron chi connectivity index (χ0n) is 11.9. The minimum Gasteiger partial charge on any atom is -0.314 e. The van der Waals surface area contributed by atoms with Crippen LogP contribution in [0, 0.1) is 17.8 Å². The first-order valence-electron chi connectivity index (χ1n) is 8.08. The van der Waals surface area contributed by atoms with Gasteiger partial charge in [-0.1, -0.05) is 39.5 Å². The maximum absolute atomic E-state index is 3.86. The zero-order chi connectivity index (χ0) is 12.1. The van der Waals surface area contributed by atoms with Gasteiger partial charge in [0.1, 0.15) is 0 Å². The van der Waals surface area contributed by atoms with E-state index in [2.05, 4.69) is 19.2 Å². The first-order valence-corrected chi connectivity index (χ1v) is 8.08. The van der Waals surface area contributed by atoms with Gasteiger partial charge in [0.2, 0.25) is 0 Å². The molecule has 100 valence electrons. The van der Waals surface area contributed by atoms with Crippen molar-refractivity contribution in [2.75, 3.05) is 6.54 Å². The van der Waals surface area contributed by atoms with E-state index in [4.69, 9.17) is 0 Å². The van der Waals surface area contributed by atoms with Crippen molar-refractivity contribution < 1.29 is 0 Å². The van der Waals surface area contributed by atoms with Crippen LogP contribution >= 0.6 is 0 Å². The lowest BCUT2D eigenvalue weighted by Gasteiger charge is -2.31. The van der Waals surface area contributed by atoms with Gasteiger partial charge in [-0.05, 0) is 56.4 Å². The molecule has 0 aromatic heterocycles. The van der Waals surface area contributed by atoms with Gasteiger partial charge in [-0.25, -0.2) is 0 Å². The van der Waals surface area contributed by atoms with Crippen LogP contribution in [0.2, 0.25) is 0 Å². The topological polar surface area (TPSA) is 12.0 Å². The van der Waals surface area contributed by atoms with E-state index in [1.165, 1.54) is 57.9 Å². The van der Waals surface area contributed by atoms with Crippen molar-refractivity contribution in [3.05, 3.63) is 0 Å². The number of fused-ring (bicyclic) bond motifs is 2. The summed E-state index contributed by atoms with van der Waals surface area (Å²) in [5.74, 6) is 3.20. The summed E-state index contributed by atoms with van der Waals surface area (Å²) in [6, 6.07) is 0.844. The van der Waals surface area contributed by atoms with E-state index in [0.717, 1.165) is 23.8 Å². The minimum atomic E-state index is 0.844. The Kier molecular flexibility index (Phi) is 5.34. The SMILES string of the molecule is CCCCCC(NCCC)C1CC2CCC1C2. The van der Waals surface area contributed by atoms with E-state index >= 15 is 0 Å². The molecule has 0 aromatic carbocycles. The Balaban J connectivity index is 1.81. The second-order valence-corrected chi connectivity index (χ2v) is 6.40. The molecule has 0 radical (unpaired) electrons. The van der Waals surface area contributed by atoms with Crippen LogP contribution in [0.3, 0.4) is 0 Å². The van der Waals surface area contributed by atoms with Crippen LogP contribution in [0.1, 0.15) is 71.6 Å². The summed E-state index contributed by atoms with van der Waals surface area (Å²) in [6.07, 6.45) is 13.1. The molecule has 4 atom stereocenters. The van der Waals surface area contributed by atoms with Crippen molar-refractivity contribution in [3.8, 4) is 0 Å². The van der Waals surface area contributed by atoms with Crippen molar-refractivity contribution in [1.29, 1.82) is 0 Å². The lowest BCUT2D eigenvalue weighted by Crippen LogP contribution is -2.39. The Hall–Kier alpha value is -0.0400. The molecule has 2 rings (SSSR count). The molecule has 2 aliphatic rings. The lowest BCUT2D eigenvalue weighted by molar-refractivity contribution is 0.235. The Bertz CT molecular complexity index is 214. The Morgan fingerprint density at radius 2 is 1.94 bits per heavy atom. The molecule has 0 amide bonds. The third-order valence-electron chi connectivity index (χ3n) is 5.08. The first kappa shape index (κ1) is 13.4. The summed E-state index contributed by atoms with van der Waals surface area (Å²) in [5, 5.41) is 3.86. The molecule has 0 heterocycles. The number of hydrogen-bond acceptors (Lipinski definition) is 1. The monoisotopic (exact) mass is 237 g/mol. The molecule has 2 aliphatic carbocycles. The number of rotatable bonds is 8. The normalized spacial score (nSPS) is 33.2. The van der Waals surface area contributed by atoms with E-state index in [0.29, 0.717) is 0 Å². The van der Waals surface area contributed by atoms with Gasteiger partial charge in [0.15, 0.2) is 0 Å². The van der Waals surface area contributed by atoms with Gasteiger partial charge in [-0.3, -0.25) is 0 Å². The van der Waals surface area contributed by atoms with E-state index in [1.54, 1.807) is 6.42 Å². The maximum Gasteiger partial charge on any atom is 0.00980 e. The average molecular weight is 237 g/mol. The molecule has 1 nitrogen and oxygen atoms in total. The maximum atomic E-state index is 3.86. The molecule has 0 aliphatic heterocycles. The van der Waals surface area contributed by atoms with Crippen molar-refractivity contribution in [3.63, 3.8) is 0 Å². The molecular weight excluding hydrogens is 206 g/mol. The van der Waals surface area contributed by atoms with Gasteiger partial charge in [0.25, 0.3) is 0 Å². The van der Waals surface area contributed by atoms with Crippen LogP contribution in [-0.2, 0) is 0 Å². The molecule has 2 fully saturated rings. The van der Waals surface area contributed by atoms with Crippen molar-refractivity contribution >= 4 is 0 Å². The van der Waals surface area contributed by atoms with Gasteiger partial charge in [-0.2, -0.15) is 0 Å². The molecule has 0 spiro atoms. The molecule has 2 saturated carbocycles. The van der Waals surface area contributed by atoms with Crippen LogP contribution in [-0.4, -0.2) is 12.6 Å². The fourth-order valence-electron chi connectivity index (χ4n) is 4.20. The first-order chi connectivity index (χ1) is 8.35. The fraction of sp³-hybridized carbons (Fsp3) is 1.00. The smallest absolute Gasteiger partial charge is 0.00980 e. The Morgan fingerprint density at radius 1 is 1.06 bits per heavy atom. The van der Waals surface area contributed by atoms with Crippen LogP contribution < -0.4 is 5.32 Å². The second-order valence-electron chi connectivity index (χ2n) is 6.40. The zero-order valence-corrected chi connectivity index (χ0v) is 11.9. The fourth-order valence-corrected chi connectivity index (χ4v) is 4.20. The standard InChI is InChI=1S/C16H31N/c1-3-5-6-7-16(17-10-4-2)15-12-13-8-9-14(15)11-13/h13-17H,3-12H2,1-2H3. The Morgan fingerprint density at radius 3 is 2.53 bits per heavy atom. The van der Waals surface area contributed by atoms with Gasteiger partial charge < -0.3 is 5.32 Å². The van der Waals surface area contributed by atoms with Crippen LogP contribution in [0.4, 0.5) is 0 Å². The van der Waals surface area contributed by atoms with Gasteiger partial charge in [-0.15, -0.1) is 0 Å². The van der Waals surface area contributed by atoms with Gasteiger partial charge >= 0.3 is 0 Å². The van der Waals surface area contributed by atoms with Crippen LogP contribution in [0.5, 0.6) is 0 Å². The van der Waals surface area contributed by atoms with Gasteiger partial charge in [0, 0.05) is 6.04 Å². The number of hydrogen-bond donors (Lipinski definition) is 1. The summed E-state index contributed by atoms with van der Waals surface area (Å²) >= 11 is 0. The third kappa shape index (κ3) is 3.47. The summed E-state index contributed by atoms with van der Waals surface area (Å²) in [6.45, 7) is 5.83. The lowest BCUT2D eigenvalue weighted by atomic mass is 9.81. The predicted octanol–water partition coefficient (Wildman–Crippen LogP) is 4.37. The summed E-state index contributed by atoms with van der Waals surface area (Å²) in [7, 11) is 0. The average Bonchev–Trinajstić information content (AvgIpc) is 2.95. The van der Waals surface area contributed by atoms with Crippen molar-refractivity contribution in [2.24, 2.45) is 17.8 Å². The molecule has 0 saturated heterocycles. The summed E-state index contributed by atoms with van der Waals surface area (Å²) < 4.78 is 0. The Labute approximate surface area is 108 Å². The summed E-state index contributed by atoms with van der Waals surface area (Å²) in [5.41, 5.74) is 0. The van der Waals surface area contributed by atoms with Gasteiger partial charge in [0.05, 0.1) is 0 Å². The van der Waals surface area contributed by atoms with E-state index < -0.39 is 0 Å².